The second-order valence-electron chi connectivity index (χ2n) is 2.90. The predicted molar refractivity (Wildman–Crippen MR) is 51.7 cm³/mol. The van der Waals surface area contributed by atoms with E-state index in [0.29, 0.717) is 0 Å². The molecule has 1 aromatic rings. The first-order valence-electron chi connectivity index (χ1n) is 4.00. The van der Waals surface area contributed by atoms with Crippen molar-refractivity contribution in [3.8, 4) is 12.3 Å². The van der Waals surface area contributed by atoms with E-state index in [2.05, 4.69) is 25.0 Å². The third-order valence-corrected chi connectivity index (χ3v) is 1.92. The number of aryl methyl sites for hydroxylation is 1. The molecule has 0 aromatic heterocycles. The second-order valence-corrected chi connectivity index (χ2v) is 2.90. The van der Waals surface area contributed by atoms with Crippen molar-refractivity contribution in [2.75, 3.05) is 0 Å². The van der Waals surface area contributed by atoms with E-state index in [0.717, 1.165) is 6.42 Å². The molecule has 1 unspecified atom stereocenters. The van der Waals surface area contributed by atoms with E-state index in [1.165, 1.54) is 11.1 Å². The minimum Gasteiger partial charge on any atom is -0.317 e. The van der Waals surface area contributed by atoms with Crippen LogP contribution in [0, 0.1) is 19.3 Å². The van der Waals surface area contributed by atoms with Gasteiger partial charge in [0, 0.05) is 0 Å². The van der Waals surface area contributed by atoms with E-state index < -0.39 is 0 Å². The Bertz CT molecular complexity index is 296. The van der Waals surface area contributed by atoms with Crippen molar-refractivity contribution in [2.24, 2.45) is 5.73 Å². The van der Waals surface area contributed by atoms with Gasteiger partial charge in [0.25, 0.3) is 0 Å². The van der Waals surface area contributed by atoms with Crippen LogP contribution in [0.25, 0.3) is 0 Å². The Kier molecular flexibility index (Phi) is 2.90. The molecular formula is C11H13N. The highest BCUT2D eigenvalue weighted by atomic mass is 14.6. The molecule has 0 aliphatic heterocycles. The lowest BCUT2D eigenvalue weighted by molar-refractivity contribution is 0.830. The number of rotatable bonds is 2. The van der Waals surface area contributed by atoms with Gasteiger partial charge in [0.05, 0.1) is 6.04 Å². The lowest BCUT2D eigenvalue weighted by Gasteiger charge is -2.06. The summed E-state index contributed by atoms with van der Waals surface area (Å²) in [5, 5.41) is 0. The summed E-state index contributed by atoms with van der Waals surface area (Å²) in [4.78, 5) is 0. The number of hydrogen-bond acceptors (Lipinski definition) is 1. The number of nitrogens with two attached hydrogens (primary N) is 1. The van der Waals surface area contributed by atoms with Crippen molar-refractivity contribution >= 4 is 0 Å². The SMILES string of the molecule is C#CC(N)Cc1ccccc1C. The topological polar surface area (TPSA) is 26.0 Å². The smallest absolute Gasteiger partial charge is 0.0702 e. The fourth-order valence-electron chi connectivity index (χ4n) is 1.13. The molecule has 1 heteroatoms. The van der Waals surface area contributed by atoms with Crippen molar-refractivity contribution in [2.45, 2.75) is 19.4 Å². The van der Waals surface area contributed by atoms with Gasteiger partial charge in [-0.3, -0.25) is 0 Å². The third kappa shape index (κ3) is 2.11. The minimum absolute atomic E-state index is 0.161. The molecule has 0 fully saturated rings. The van der Waals surface area contributed by atoms with Crippen LogP contribution in [0.4, 0.5) is 0 Å². The van der Waals surface area contributed by atoms with Gasteiger partial charge >= 0.3 is 0 Å². The van der Waals surface area contributed by atoms with Gasteiger partial charge in [-0.05, 0) is 24.5 Å². The van der Waals surface area contributed by atoms with Crippen molar-refractivity contribution in [1.82, 2.24) is 0 Å². The van der Waals surface area contributed by atoms with Crippen molar-refractivity contribution in [3.63, 3.8) is 0 Å². The molecule has 1 nitrogen and oxygen atoms in total. The Morgan fingerprint density at radius 3 is 2.75 bits per heavy atom. The van der Waals surface area contributed by atoms with Crippen LogP contribution in [-0.4, -0.2) is 6.04 Å². The standard InChI is InChI=1S/C11H13N/c1-3-11(12)8-10-7-5-4-6-9(10)2/h1,4-7,11H,8,12H2,2H3. The van der Waals surface area contributed by atoms with Crippen LogP contribution in [-0.2, 0) is 6.42 Å². The molecule has 12 heavy (non-hydrogen) atoms. The Morgan fingerprint density at radius 1 is 1.50 bits per heavy atom. The van der Waals surface area contributed by atoms with Gasteiger partial charge in [0.1, 0.15) is 0 Å². The van der Waals surface area contributed by atoms with E-state index in [1.807, 2.05) is 12.1 Å². The van der Waals surface area contributed by atoms with Gasteiger partial charge in [-0.2, -0.15) is 0 Å². The second kappa shape index (κ2) is 3.94. The maximum absolute atomic E-state index is 5.64. The van der Waals surface area contributed by atoms with Crippen LogP contribution in [0.5, 0.6) is 0 Å². The molecular weight excluding hydrogens is 146 g/mol. The van der Waals surface area contributed by atoms with E-state index >= 15 is 0 Å². The molecule has 0 spiro atoms. The summed E-state index contributed by atoms with van der Waals surface area (Å²) in [6.45, 7) is 2.07. The Morgan fingerprint density at radius 2 is 2.17 bits per heavy atom. The lowest BCUT2D eigenvalue weighted by Crippen LogP contribution is -2.20. The highest BCUT2D eigenvalue weighted by Crippen LogP contribution is 2.08. The quantitative estimate of drug-likeness (QED) is 0.650. The summed E-state index contributed by atoms with van der Waals surface area (Å²) in [6.07, 6.45) is 5.96. The normalized spacial score (nSPS) is 12.1. The van der Waals surface area contributed by atoms with Crippen LogP contribution >= 0.6 is 0 Å². The van der Waals surface area contributed by atoms with Crippen LogP contribution < -0.4 is 5.73 Å². The maximum Gasteiger partial charge on any atom is 0.0702 e. The zero-order chi connectivity index (χ0) is 8.97. The molecule has 0 saturated heterocycles. The maximum atomic E-state index is 5.64. The Hall–Kier alpha value is -1.26. The molecule has 0 amide bonds. The zero-order valence-corrected chi connectivity index (χ0v) is 7.25. The van der Waals surface area contributed by atoms with E-state index in [9.17, 15) is 0 Å². The summed E-state index contributed by atoms with van der Waals surface area (Å²) < 4.78 is 0. The summed E-state index contributed by atoms with van der Waals surface area (Å²) in [5.74, 6) is 2.52. The molecule has 62 valence electrons. The largest absolute Gasteiger partial charge is 0.317 e. The van der Waals surface area contributed by atoms with Crippen molar-refractivity contribution in [1.29, 1.82) is 0 Å². The van der Waals surface area contributed by atoms with Crippen LogP contribution in [0.15, 0.2) is 24.3 Å². The summed E-state index contributed by atoms with van der Waals surface area (Å²) >= 11 is 0. The van der Waals surface area contributed by atoms with Crippen LogP contribution in [0.3, 0.4) is 0 Å². The van der Waals surface area contributed by atoms with E-state index in [1.54, 1.807) is 0 Å². The number of hydrogen-bond donors (Lipinski definition) is 1. The Balaban J connectivity index is 2.77. The van der Waals surface area contributed by atoms with E-state index in [-0.39, 0.29) is 6.04 Å². The minimum atomic E-state index is -0.161. The van der Waals surface area contributed by atoms with Crippen molar-refractivity contribution < 1.29 is 0 Å². The van der Waals surface area contributed by atoms with Gasteiger partial charge in [0.15, 0.2) is 0 Å². The first kappa shape index (κ1) is 8.83. The number of benzene rings is 1. The fourth-order valence-corrected chi connectivity index (χ4v) is 1.13. The first-order chi connectivity index (χ1) is 5.74. The highest BCUT2D eigenvalue weighted by Gasteiger charge is 2.01. The van der Waals surface area contributed by atoms with E-state index in [4.69, 9.17) is 12.2 Å². The Labute approximate surface area is 73.6 Å². The van der Waals surface area contributed by atoms with Gasteiger partial charge in [0.2, 0.25) is 0 Å². The molecule has 1 atom stereocenters. The zero-order valence-electron chi connectivity index (χ0n) is 7.25. The van der Waals surface area contributed by atoms with Gasteiger partial charge in [-0.15, -0.1) is 6.42 Å². The van der Waals surface area contributed by atoms with Crippen molar-refractivity contribution in [3.05, 3.63) is 35.4 Å². The molecule has 2 N–H and O–H groups in total. The summed E-state index contributed by atoms with van der Waals surface area (Å²) in [6, 6.07) is 7.99. The van der Waals surface area contributed by atoms with Crippen LogP contribution in [0.1, 0.15) is 11.1 Å². The molecule has 0 radical (unpaired) electrons. The highest BCUT2D eigenvalue weighted by molar-refractivity contribution is 5.27. The lowest BCUT2D eigenvalue weighted by atomic mass is 10.0. The fraction of sp³-hybridized carbons (Fsp3) is 0.273. The number of terminal acetylenes is 1. The average molecular weight is 159 g/mol. The van der Waals surface area contributed by atoms with Gasteiger partial charge in [-0.25, -0.2) is 0 Å². The van der Waals surface area contributed by atoms with Crippen LogP contribution in [0.2, 0.25) is 0 Å². The molecule has 1 aromatic carbocycles. The predicted octanol–water partition coefficient (Wildman–Crippen LogP) is 1.50. The van der Waals surface area contributed by atoms with Gasteiger partial charge < -0.3 is 5.73 Å². The monoisotopic (exact) mass is 159 g/mol. The molecule has 0 saturated carbocycles. The summed E-state index contributed by atoms with van der Waals surface area (Å²) in [5.41, 5.74) is 8.13. The first-order valence-corrected chi connectivity index (χ1v) is 4.00. The molecule has 0 bridgehead atoms. The molecule has 1 rings (SSSR count). The average Bonchev–Trinajstić information content (AvgIpc) is 2.09. The third-order valence-electron chi connectivity index (χ3n) is 1.92. The molecule has 0 heterocycles. The van der Waals surface area contributed by atoms with Gasteiger partial charge in [-0.1, -0.05) is 30.2 Å². The summed E-state index contributed by atoms with van der Waals surface area (Å²) in [7, 11) is 0. The molecule has 0 aliphatic carbocycles. The molecule has 0 aliphatic rings.